The molecule has 4 atom stereocenters. The number of hydrogen-bond acceptors (Lipinski definition) is 3. The number of phenols is 1. The van der Waals surface area contributed by atoms with Crippen LogP contribution in [0.2, 0.25) is 0 Å². The summed E-state index contributed by atoms with van der Waals surface area (Å²) in [5.74, 6) is 0.285. The third-order valence-corrected chi connectivity index (χ3v) is 3.99. The van der Waals surface area contributed by atoms with Gasteiger partial charge < -0.3 is 15.2 Å². The van der Waals surface area contributed by atoms with Crippen LogP contribution in [0.3, 0.4) is 0 Å². The molecule has 2 rings (SSSR count). The van der Waals surface area contributed by atoms with Crippen LogP contribution < -0.4 is 5.32 Å². The van der Waals surface area contributed by atoms with E-state index in [9.17, 15) is 9.90 Å². The fourth-order valence-electron chi connectivity index (χ4n) is 2.68. The molecule has 19 heavy (non-hydrogen) atoms. The summed E-state index contributed by atoms with van der Waals surface area (Å²) < 4.78 is 5.67. The van der Waals surface area contributed by atoms with Crippen molar-refractivity contribution in [3.8, 4) is 5.75 Å². The van der Waals surface area contributed by atoms with Gasteiger partial charge in [0.05, 0.1) is 18.1 Å². The average Bonchev–Trinajstić information content (AvgIpc) is 2.62. The van der Waals surface area contributed by atoms with Crippen LogP contribution in [-0.2, 0) is 16.1 Å². The van der Waals surface area contributed by atoms with Gasteiger partial charge in [0.2, 0.25) is 5.91 Å². The maximum Gasteiger partial charge on any atom is 0.226 e. The number of carbonyl (C=O) groups excluding carboxylic acids is 1. The Morgan fingerprint density at radius 3 is 2.53 bits per heavy atom. The lowest BCUT2D eigenvalue weighted by molar-refractivity contribution is -0.127. The molecule has 0 saturated carbocycles. The normalized spacial score (nSPS) is 30.3. The molecule has 0 aromatic heterocycles. The Kier molecular flexibility index (Phi) is 4.10. The molecule has 4 unspecified atom stereocenters. The molecule has 1 saturated heterocycles. The van der Waals surface area contributed by atoms with Gasteiger partial charge in [0.1, 0.15) is 5.75 Å². The van der Waals surface area contributed by atoms with Gasteiger partial charge in [-0.05, 0) is 25.8 Å². The third-order valence-electron chi connectivity index (χ3n) is 3.99. The van der Waals surface area contributed by atoms with Crippen molar-refractivity contribution in [3.63, 3.8) is 0 Å². The molecule has 1 aromatic carbocycles. The van der Waals surface area contributed by atoms with Crippen molar-refractivity contribution in [2.45, 2.75) is 39.5 Å². The maximum atomic E-state index is 12.2. The Bertz CT molecular complexity index is 460. The second-order valence-corrected chi connectivity index (χ2v) is 5.28. The summed E-state index contributed by atoms with van der Waals surface area (Å²) in [7, 11) is 0. The van der Waals surface area contributed by atoms with Crippen LogP contribution in [0.1, 0.15) is 26.3 Å². The molecule has 104 valence electrons. The van der Waals surface area contributed by atoms with Crippen molar-refractivity contribution in [2.24, 2.45) is 11.8 Å². The number of rotatable bonds is 3. The summed E-state index contributed by atoms with van der Waals surface area (Å²) in [6, 6.07) is 7.02. The van der Waals surface area contributed by atoms with E-state index in [0.717, 1.165) is 5.56 Å². The molecule has 1 amide bonds. The highest BCUT2D eigenvalue weighted by Crippen LogP contribution is 2.32. The van der Waals surface area contributed by atoms with Gasteiger partial charge in [-0.3, -0.25) is 4.79 Å². The summed E-state index contributed by atoms with van der Waals surface area (Å²) in [6.07, 6.45) is 0.0465. The average molecular weight is 263 g/mol. The van der Waals surface area contributed by atoms with Crippen LogP contribution in [0.15, 0.2) is 24.3 Å². The topological polar surface area (TPSA) is 58.6 Å². The van der Waals surface area contributed by atoms with E-state index in [1.807, 2.05) is 26.8 Å². The smallest absolute Gasteiger partial charge is 0.226 e. The molecule has 0 radical (unpaired) electrons. The van der Waals surface area contributed by atoms with Crippen LogP contribution in [0.4, 0.5) is 0 Å². The second kappa shape index (κ2) is 5.61. The number of phenolic OH excluding ortho intramolecular Hbond substituents is 1. The Balaban J connectivity index is 1.97. The standard InChI is InChI=1S/C15H21NO3/c1-9-10(2)19-11(3)14(9)15(18)16-8-12-6-4-5-7-13(12)17/h4-7,9-11,14,17H,8H2,1-3H3,(H,16,18). The fourth-order valence-corrected chi connectivity index (χ4v) is 2.68. The number of ether oxygens (including phenoxy) is 1. The number of hydrogen-bond donors (Lipinski definition) is 2. The van der Waals surface area contributed by atoms with Gasteiger partial charge in [-0.1, -0.05) is 25.1 Å². The molecule has 4 nitrogen and oxygen atoms in total. The molecule has 4 heteroatoms. The number of amides is 1. The summed E-state index contributed by atoms with van der Waals surface area (Å²) in [5.41, 5.74) is 0.725. The minimum absolute atomic E-state index is 0.00685. The van der Waals surface area contributed by atoms with Gasteiger partial charge in [0.25, 0.3) is 0 Å². The summed E-state index contributed by atoms with van der Waals surface area (Å²) >= 11 is 0. The van der Waals surface area contributed by atoms with E-state index in [0.29, 0.717) is 6.54 Å². The van der Waals surface area contributed by atoms with Crippen molar-refractivity contribution in [2.75, 3.05) is 0 Å². The second-order valence-electron chi connectivity index (χ2n) is 5.28. The summed E-state index contributed by atoms with van der Waals surface area (Å²) in [4.78, 5) is 12.2. The minimum Gasteiger partial charge on any atom is -0.508 e. The van der Waals surface area contributed by atoms with E-state index in [2.05, 4.69) is 5.32 Å². The lowest BCUT2D eigenvalue weighted by Gasteiger charge is -2.18. The van der Waals surface area contributed by atoms with Crippen LogP contribution in [0.5, 0.6) is 5.75 Å². The molecule has 1 aromatic rings. The van der Waals surface area contributed by atoms with Crippen LogP contribution >= 0.6 is 0 Å². The number of nitrogens with one attached hydrogen (secondary N) is 1. The van der Waals surface area contributed by atoms with Gasteiger partial charge >= 0.3 is 0 Å². The lowest BCUT2D eigenvalue weighted by Crippen LogP contribution is -2.36. The van der Waals surface area contributed by atoms with Crippen molar-refractivity contribution in [1.29, 1.82) is 0 Å². The Hall–Kier alpha value is -1.55. The maximum absolute atomic E-state index is 12.2. The predicted molar refractivity (Wildman–Crippen MR) is 72.6 cm³/mol. The van der Waals surface area contributed by atoms with Crippen molar-refractivity contribution in [3.05, 3.63) is 29.8 Å². The fraction of sp³-hybridized carbons (Fsp3) is 0.533. The molecule has 1 aliphatic rings. The first kappa shape index (κ1) is 13.9. The Morgan fingerprint density at radius 1 is 1.26 bits per heavy atom. The predicted octanol–water partition coefficient (Wildman–Crippen LogP) is 2.07. The first-order valence-electron chi connectivity index (χ1n) is 6.70. The molecule has 1 aliphatic heterocycles. The van der Waals surface area contributed by atoms with Crippen molar-refractivity contribution >= 4 is 5.91 Å². The van der Waals surface area contributed by atoms with E-state index in [4.69, 9.17) is 4.74 Å². The number of aromatic hydroxyl groups is 1. The van der Waals surface area contributed by atoms with Crippen LogP contribution in [0, 0.1) is 11.8 Å². The minimum atomic E-state index is -0.124. The van der Waals surface area contributed by atoms with Crippen molar-refractivity contribution in [1.82, 2.24) is 5.32 Å². The first-order valence-corrected chi connectivity index (χ1v) is 6.70. The van der Waals surface area contributed by atoms with Gasteiger partial charge in [-0.25, -0.2) is 0 Å². The summed E-state index contributed by atoms with van der Waals surface area (Å²) in [6.45, 7) is 6.32. The molecule has 0 aliphatic carbocycles. The highest BCUT2D eigenvalue weighted by Gasteiger charge is 2.41. The molecule has 0 spiro atoms. The Labute approximate surface area is 113 Å². The molecule has 1 heterocycles. The highest BCUT2D eigenvalue weighted by atomic mass is 16.5. The SMILES string of the molecule is CC1OC(C)C(C(=O)NCc2ccccc2O)C1C. The number of carbonyl (C=O) groups is 1. The van der Waals surface area contributed by atoms with Gasteiger partial charge in [0, 0.05) is 12.1 Å². The van der Waals surface area contributed by atoms with Gasteiger partial charge in [-0.15, -0.1) is 0 Å². The molecule has 2 N–H and O–H groups in total. The van der Waals surface area contributed by atoms with Crippen LogP contribution in [0.25, 0.3) is 0 Å². The van der Waals surface area contributed by atoms with E-state index in [1.165, 1.54) is 0 Å². The number of para-hydroxylation sites is 1. The first-order chi connectivity index (χ1) is 9.00. The zero-order chi connectivity index (χ0) is 14.0. The largest absolute Gasteiger partial charge is 0.508 e. The number of benzene rings is 1. The molecular formula is C15H21NO3. The third kappa shape index (κ3) is 2.89. The van der Waals surface area contributed by atoms with Crippen LogP contribution in [-0.4, -0.2) is 23.2 Å². The highest BCUT2D eigenvalue weighted by molar-refractivity contribution is 5.80. The summed E-state index contributed by atoms with van der Waals surface area (Å²) in [5, 5.41) is 12.5. The van der Waals surface area contributed by atoms with Gasteiger partial charge in [0.15, 0.2) is 0 Å². The van der Waals surface area contributed by atoms with Gasteiger partial charge in [-0.2, -0.15) is 0 Å². The molecular weight excluding hydrogens is 242 g/mol. The van der Waals surface area contributed by atoms with E-state index in [1.54, 1.807) is 18.2 Å². The molecule has 1 fully saturated rings. The van der Waals surface area contributed by atoms with E-state index >= 15 is 0 Å². The molecule has 0 bridgehead atoms. The van der Waals surface area contributed by atoms with E-state index in [-0.39, 0.29) is 35.7 Å². The zero-order valence-corrected chi connectivity index (χ0v) is 11.6. The lowest BCUT2D eigenvalue weighted by atomic mass is 9.89. The monoisotopic (exact) mass is 263 g/mol. The van der Waals surface area contributed by atoms with Crippen molar-refractivity contribution < 1.29 is 14.6 Å². The zero-order valence-electron chi connectivity index (χ0n) is 11.6. The Morgan fingerprint density at radius 2 is 1.95 bits per heavy atom. The quantitative estimate of drug-likeness (QED) is 0.877. The van der Waals surface area contributed by atoms with E-state index < -0.39 is 0 Å².